The number of carbonyl (C=O) groups excluding carboxylic acids is 1. The molecule has 1 fully saturated rings. The molecule has 0 saturated carbocycles. The van der Waals surface area contributed by atoms with Gasteiger partial charge >= 0.3 is 0 Å². The Kier molecular flexibility index (Phi) is 7.05. The largest absolute Gasteiger partial charge is 0.444 e. The Labute approximate surface area is 188 Å². The van der Waals surface area contributed by atoms with Gasteiger partial charge in [0.1, 0.15) is 6.26 Å². The van der Waals surface area contributed by atoms with Crippen molar-refractivity contribution in [2.75, 3.05) is 13.1 Å². The number of piperidine rings is 1. The van der Waals surface area contributed by atoms with Gasteiger partial charge in [-0.1, -0.05) is 42.8 Å². The van der Waals surface area contributed by atoms with Crippen molar-refractivity contribution in [3.63, 3.8) is 0 Å². The Bertz CT molecular complexity index is 1010. The highest BCUT2D eigenvalue weighted by atomic mass is 35.5. The topological polar surface area (TPSA) is 58.4 Å². The number of hydrogen-bond acceptors (Lipinski definition) is 4. The van der Waals surface area contributed by atoms with Crippen molar-refractivity contribution < 1.29 is 9.21 Å². The second-order valence-corrected chi connectivity index (χ2v) is 8.77. The molecule has 0 spiro atoms. The molecule has 5 nitrogen and oxygen atoms in total. The van der Waals surface area contributed by atoms with Gasteiger partial charge < -0.3 is 9.73 Å². The number of benzene rings is 2. The van der Waals surface area contributed by atoms with E-state index in [-0.39, 0.29) is 12.3 Å². The Morgan fingerprint density at radius 2 is 1.84 bits per heavy atom. The fourth-order valence-electron chi connectivity index (χ4n) is 3.88. The van der Waals surface area contributed by atoms with Crippen LogP contribution in [0.15, 0.2) is 59.2 Å². The van der Waals surface area contributed by atoms with Crippen LogP contribution >= 0.6 is 11.6 Å². The first-order valence-corrected chi connectivity index (χ1v) is 11.2. The molecule has 1 aliphatic heterocycles. The molecule has 1 N–H and O–H groups in total. The quantitative estimate of drug-likeness (QED) is 0.559. The summed E-state index contributed by atoms with van der Waals surface area (Å²) >= 11 is 5.92. The van der Waals surface area contributed by atoms with E-state index in [0.717, 1.165) is 36.7 Å². The lowest BCUT2D eigenvalue weighted by Crippen LogP contribution is -2.33. The minimum atomic E-state index is -0.0717. The van der Waals surface area contributed by atoms with Crippen LogP contribution in [0.25, 0.3) is 11.5 Å². The number of halogens is 1. The molecule has 4 rings (SSSR count). The van der Waals surface area contributed by atoms with Crippen molar-refractivity contribution in [3.05, 3.63) is 76.6 Å². The lowest BCUT2D eigenvalue weighted by molar-refractivity contribution is -0.120. The van der Waals surface area contributed by atoms with Gasteiger partial charge in [-0.2, -0.15) is 0 Å². The zero-order valence-electron chi connectivity index (χ0n) is 17.8. The second kappa shape index (κ2) is 10.1. The van der Waals surface area contributed by atoms with E-state index in [4.69, 9.17) is 16.0 Å². The van der Waals surface area contributed by atoms with Crippen molar-refractivity contribution in [2.24, 2.45) is 5.92 Å². The number of hydrogen-bond donors (Lipinski definition) is 1. The van der Waals surface area contributed by atoms with Crippen molar-refractivity contribution in [1.82, 2.24) is 15.2 Å². The maximum atomic E-state index is 12.5. The minimum Gasteiger partial charge on any atom is -0.444 e. The van der Waals surface area contributed by atoms with Crippen LogP contribution in [-0.4, -0.2) is 28.9 Å². The third kappa shape index (κ3) is 5.96. The summed E-state index contributed by atoms with van der Waals surface area (Å²) in [5, 5.41) is 3.69. The van der Waals surface area contributed by atoms with E-state index in [1.165, 1.54) is 24.7 Å². The summed E-state index contributed by atoms with van der Waals surface area (Å²) in [6.07, 6.45) is 4.24. The summed E-state index contributed by atoms with van der Waals surface area (Å²) in [7, 11) is 0. The van der Waals surface area contributed by atoms with Crippen molar-refractivity contribution in [1.29, 1.82) is 0 Å². The Hall–Kier alpha value is -2.63. The third-order valence-electron chi connectivity index (χ3n) is 5.85. The number of aromatic nitrogens is 1. The van der Waals surface area contributed by atoms with E-state index in [1.54, 1.807) is 12.1 Å². The SMILES string of the molecule is CC1CCN(Cc2ccccc2CNC(=O)Cc2coc(-c3ccc(Cl)cc3)n2)CC1. The molecular weight excluding hydrogens is 410 g/mol. The highest BCUT2D eigenvalue weighted by Crippen LogP contribution is 2.22. The van der Waals surface area contributed by atoms with E-state index < -0.39 is 0 Å². The lowest BCUT2D eigenvalue weighted by Gasteiger charge is -2.30. The maximum Gasteiger partial charge on any atom is 0.226 e. The van der Waals surface area contributed by atoms with Gasteiger partial charge in [-0.05, 0) is 67.2 Å². The van der Waals surface area contributed by atoms with Gasteiger partial charge in [0.05, 0.1) is 12.1 Å². The highest BCUT2D eigenvalue weighted by molar-refractivity contribution is 6.30. The molecule has 2 aromatic carbocycles. The number of nitrogens with zero attached hydrogens (tertiary/aromatic N) is 2. The molecule has 3 aromatic rings. The summed E-state index contributed by atoms with van der Waals surface area (Å²) < 4.78 is 5.53. The van der Waals surface area contributed by atoms with Crippen molar-refractivity contribution in [3.8, 4) is 11.5 Å². The normalized spacial score (nSPS) is 15.2. The zero-order valence-corrected chi connectivity index (χ0v) is 18.6. The fourth-order valence-corrected chi connectivity index (χ4v) is 4.01. The number of oxazole rings is 1. The molecule has 0 radical (unpaired) electrons. The Morgan fingerprint density at radius 1 is 1.13 bits per heavy atom. The molecule has 0 unspecified atom stereocenters. The molecular formula is C25H28ClN3O2. The van der Waals surface area contributed by atoms with Gasteiger partial charge in [0.15, 0.2) is 0 Å². The summed E-state index contributed by atoms with van der Waals surface area (Å²) in [5.74, 6) is 1.24. The average molecular weight is 438 g/mol. The number of nitrogens with one attached hydrogen (secondary N) is 1. The van der Waals surface area contributed by atoms with E-state index in [2.05, 4.69) is 40.3 Å². The van der Waals surface area contributed by atoms with Crippen LogP contribution in [-0.2, 0) is 24.3 Å². The first kappa shape index (κ1) is 21.6. The summed E-state index contributed by atoms with van der Waals surface area (Å²) in [5.41, 5.74) is 3.88. The number of rotatable bonds is 7. The first-order chi connectivity index (χ1) is 15.1. The predicted octanol–water partition coefficient (Wildman–Crippen LogP) is 5.09. The van der Waals surface area contributed by atoms with E-state index in [1.807, 2.05) is 18.2 Å². The molecule has 1 aliphatic rings. The van der Waals surface area contributed by atoms with Crippen LogP contribution in [0.1, 0.15) is 36.6 Å². The molecule has 0 bridgehead atoms. The predicted molar refractivity (Wildman–Crippen MR) is 123 cm³/mol. The minimum absolute atomic E-state index is 0.0717. The van der Waals surface area contributed by atoms with Gasteiger partial charge in [0.25, 0.3) is 0 Å². The van der Waals surface area contributed by atoms with E-state index >= 15 is 0 Å². The average Bonchev–Trinajstić information content (AvgIpc) is 3.23. The van der Waals surface area contributed by atoms with E-state index in [0.29, 0.717) is 23.2 Å². The number of carbonyl (C=O) groups is 1. The van der Waals surface area contributed by atoms with Crippen molar-refractivity contribution in [2.45, 2.75) is 39.3 Å². The number of amides is 1. The van der Waals surface area contributed by atoms with Gasteiger partial charge in [0.2, 0.25) is 11.8 Å². The standard InChI is InChI=1S/C25H28ClN3O2/c1-18-10-12-29(13-11-18)16-21-5-3-2-4-20(21)15-27-24(30)14-23-17-31-25(28-23)19-6-8-22(26)9-7-19/h2-9,17-18H,10-16H2,1H3,(H,27,30). The molecule has 1 saturated heterocycles. The number of likely N-dealkylation sites (tertiary alicyclic amines) is 1. The van der Waals surface area contributed by atoms with Gasteiger partial charge in [0, 0.05) is 23.7 Å². The summed E-state index contributed by atoms with van der Waals surface area (Å²) in [4.78, 5) is 19.4. The van der Waals surface area contributed by atoms with Crippen LogP contribution in [0, 0.1) is 5.92 Å². The summed E-state index contributed by atoms with van der Waals surface area (Å²) in [6, 6.07) is 15.6. The molecule has 6 heteroatoms. The van der Waals surface area contributed by atoms with Crippen LogP contribution in [0.5, 0.6) is 0 Å². The maximum absolute atomic E-state index is 12.5. The highest BCUT2D eigenvalue weighted by Gasteiger charge is 2.17. The van der Waals surface area contributed by atoms with Crippen molar-refractivity contribution >= 4 is 17.5 Å². The van der Waals surface area contributed by atoms with Crippen LogP contribution in [0.4, 0.5) is 0 Å². The first-order valence-electron chi connectivity index (χ1n) is 10.8. The van der Waals surface area contributed by atoms with Gasteiger partial charge in [-0.15, -0.1) is 0 Å². The molecule has 162 valence electrons. The van der Waals surface area contributed by atoms with Gasteiger partial charge in [-0.3, -0.25) is 9.69 Å². The lowest BCUT2D eigenvalue weighted by atomic mass is 9.98. The molecule has 31 heavy (non-hydrogen) atoms. The molecule has 0 aliphatic carbocycles. The smallest absolute Gasteiger partial charge is 0.226 e. The summed E-state index contributed by atoms with van der Waals surface area (Å²) in [6.45, 7) is 6.07. The van der Waals surface area contributed by atoms with E-state index in [9.17, 15) is 4.79 Å². The zero-order chi connectivity index (χ0) is 21.6. The van der Waals surface area contributed by atoms with Gasteiger partial charge in [-0.25, -0.2) is 4.98 Å². The Balaban J connectivity index is 1.32. The van der Waals surface area contributed by atoms with Crippen LogP contribution < -0.4 is 5.32 Å². The third-order valence-corrected chi connectivity index (χ3v) is 6.10. The molecule has 1 amide bonds. The monoisotopic (exact) mass is 437 g/mol. The molecule has 2 heterocycles. The van der Waals surface area contributed by atoms with Crippen LogP contribution in [0.3, 0.4) is 0 Å². The Morgan fingerprint density at radius 3 is 2.58 bits per heavy atom. The molecule has 1 aromatic heterocycles. The molecule has 0 atom stereocenters. The van der Waals surface area contributed by atoms with Crippen LogP contribution in [0.2, 0.25) is 5.02 Å². The fraction of sp³-hybridized carbons (Fsp3) is 0.360. The second-order valence-electron chi connectivity index (χ2n) is 8.33.